The van der Waals surface area contributed by atoms with E-state index in [0.29, 0.717) is 27.3 Å². The van der Waals surface area contributed by atoms with Crippen molar-refractivity contribution < 1.29 is 19.4 Å². The molecule has 0 radical (unpaired) electrons. The first-order valence-electron chi connectivity index (χ1n) is 7.41. The van der Waals surface area contributed by atoms with Gasteiger partial charge in [-0.1, -0.05) is 6.07 Å². The summed E-state index contributed by atoms with van der Waals surface area (Å²) in [6, 6.07) is 4.35. The SMILES string of the molecule is COc1ccc(-c2csc3ncn(C(C)C(=O)O)c(=O)c23)cc1OC. The van der Waals surface area contributed by atoms with Crippen LogP contribution in [0.25, 0.3) is 21.3 Å². The van der Waals surface area contributed by atoms with Crippen LogP contribution in [-0.2, 0) is 4.79 Å². The summed E-state index contributed by atoms with van der Waals surface area (Å²) in [4.78, 5) is 28.8. The van der Waals surface area contributed by atoms with Gasteiger partial charge in [0, 0.05) is 10.9 Å². The molecule has 1 atom stereocenters. The first-order valence-corrected chi connectivity index (χ1v) is 8.29. The molecule has 1 unspecified atom stereocenters. The molecule has 0 aliphatic rings. The number of methoxy groups -OCH3 is 2. The Morgan fingerprint density at radius 2 is 2.00 bits per heavy atom. The van der Waals surface area contributed by atoms with Gasteiger partial charge >= 0.3 is 5.97 Å². The van der Waals surface area contributed by atoms with E-state index in [2.05, 4.69) is 4.98 Å². The number of benzene rings is 1. The van der Waals surface area contributed by atoms with Crippen LogP contribution in [0.5, 0.6) is 11.5 Å². The van der Waals surface area contributed by atoms with Crippen LogP contribution < -0.4 is 15.0 Å². The molecule has 1 N–H and O–H groups in total. The van der Waals surface area contributed by atoms with Crippen LogP contribution in [-0.4, -0.2) is 34.8 Å². The lowest BCUT2D eigenvalue weighted by molar-refractivity contribution is -0.140. The molecule has 130 valence electrons. The van der Waals surface area contributed by atoms with Crippen molar-refractivity contribution in [2.45, 2.75) is 13.0 Å². The highest BCUT2D eigenvalue weighted by atomic mass is 32.1. The van der Waals surface area contributed by atoms with Crippen LogP contribution in [0, 0.1) is 0 Å². The molecule has 2 aromatic heterocycles. The van der Waals surface area contributed by atoms with E-state index in [1.807, 2.05) is 11.4 Å². The summed E-state index contributed by atoms with van der Waals surface area (Å²) < 4.78 is 11.7. The lowest BCUT2D eigenvalue weighted by Crippen LogP contribution is -2.28. The Morgan fingerprint density at radius 3 is 2.64 bits per heavy atom. The molecule has 3 rings (SSSR count). The Kier molecular flexibility index (Phi) is 4.45. The topological polar surface area (TPSA) is 90.7 Å². The maximum atomic E-state index is 12.8. The molecule has 0 aliphatic carbocycles. The molecule has 25 heavy (non-hydrogen) atoms. The second-order valence-corrected chi connectivity index (χ2v) is 6.23. The molecule has 8 heteroatoms. The molecule has 0 amide bonds. The molecule has 0 fully saturated rings. The molecule has 0 aliphatic heterocycles. The number of carbonyl (C=O) groups is 1. The van der Waals surface area contributed by atoms with E-state index in [0.717, 1.165) is 10.1 Å². The molecule has 0 saturated heterocycles. The molecule has 0 spiro atoms. The number of fused-ring (bicyclic) bond motifs is 1. The number of thiophene rings is 1. The molecule has 7 nitrogen and oxygen atoms in total. The fourth-order valence-electron chi connectivity index (χ4n) is 2.56. The summed E-state index contributed by atoms with van der Waals surface area (Å²) in [5, 5.41) is 11.4. The smallest absolute Gasteiger partial charge is 0.326 e. The minimum Gasteiger partial charge on any atom is -0.493 e. The van der Waals surface area contributed by atoms with Crippen molar-refractivity contribution in [2.75, 3.05) is 14.2 Å². The van der Waals surface area contributed by atoms with Crippen LogP contribution in [0.15, 0.2) is 34.7 Å². The summed E-state index contributed by atoms with van der Waals surface area (Å²) in [6.45, 7) is 1.44. The summed E-state index contributed by atoms with van der Waals surface area (Å²) >= 11 is 1.33. The number of hydrogen-bond donors (Lipinski definition) is 1. The second-order valence-electron chi connectivity index (χ2n) is 5.37. The van der Waals surface area contributed by atoms with Gasteiger partial charge in [0.15, 0.2) is 11.5 Å². The Morgan fingerprint density at radius 1 is 1.28 bits per heavy atom. The average Bonchev–Trinajstić information content (AvgIpc) is 3.05. The standard InChI is InChI=1S/C17H16N2O5S/c1-9(17(21)22)19-8-18-15-14(16(19)20)11(7-25-15)10-4-5-12(23-2)13(6-10)24-3/h4-9H,1-3H3,(H,21,22). The zero-order valence-electron chi connectivity index (χ0n) is 13.8. The summed E-state index contributed by atoms with van der Waals surface area (Å²) in [5.74, 6) is 0.0365. The minimum atomic E-state index is -1.09. The molecule has 2 heterocycles. The normalized spacial score (nSPS) is 12.1. The monoisotopic (exact) mass is 360 g/mol. The van der Waals surface area contributed by atoms with Crippen molar-refractivity contribution in [3.05, 3.63) is 40.3 Å². The van der Waals surface area contributed by atoms with Crippen LogP contribution in [0.1, 0.15) is 13.0 Å². The van der Waals surface area contributed by atoms with Crippen molar-refractivity contribution in [1.82, 2.24) is 9.55 Å². The van der Waals surface area contributed by atoms with Gasteiger partial charge in [0.05, 0.1) is 25.9 Å². The zero-order valence-corrected chi connectivity index (χ0v) is 14.7. The minimum absolute atomic E-state index is 0.383. The highest BCUT2D eigenvalue weighted by Crippen LogP contribution is 2.36. The first kappa shape index (κ1) is 17.0. The van der Waals surface area contributed by atoms with Crippen molar-refractivity contribution in [1.29, 1.82) is 0 Å². The quantitative estimate of drug-likeness (QED) is 0.752. The lowest BCUT2D eigenvalue weighted by Gasteiger charge is -2.11. The van der Waals surface area contributed by atoms with Crippen molar-refractivity contribution >= 4 is 27.5 Å². The van der Waals surface area contributed by atoms with Crippen molar-refractivity contribution in [2.24, 2.45) is 0 Å². The predicted octanol–water partition coefficient (Wildman–Crippen LogP) is 2.79. The number of hydrogen-bond acceptors (Lipinski definition) is 6. The number of nitrogens with zero attached hydrogens (tertiary/aromatic N) is 2. The van der Waals surface area contributed by atoms with Gasteiger partial charge in [-0.25, -0.2) is 9.78 Å². The average molecular weight is 360 g/mol. The van der Waals surface area contributed by atoms with E-state index >= 15 is 0 Å². The summed E-state index contributed by atoms with van der Waals surface area (Å²) in [5.41, 5.74) is 1.07. The van der Waals surface area contributed by atoms with Gasteiger partial charge in [-0.2, -0.15) is 0 Å². The lowest BCUT2D eigenvalue weighted by atomic mass is 10.1. The number of carboxylic acids is 1. The van der Waals surface area contributed by atoms with Gasteiger partial charge < -0.3 is 14.6 Å². The van der Waals surface area contributed by atoms with Gasteiger partial charge in [0.25, 0.3) is 5.56 Å². The summed E-state index contributed by atoms with van der Waals surface area (Å²) in [6.07, 6.45) is 1.28. The van der Waals surface area contributed by atoms with Crippen LogP contribution in [0.4, 0.5) is 0 Å². The van der Waals surface area contributed by atoms with E-state index in [9.17, 15) is 14.7 Å². The second kappa shape index (κ2) is 6.56. The Labute approximate surface area is 147 Å². The maximum Gasteiger partial charge on any atom is 0.326 e. The van der Waals surface area contributed by atoms with Crippen molar-refractivity contribution in [3.63, 3.8) is 0 Å². The fourth-order valence-corrected chi connectivity index (χ4v) is 3.46. The van der Waals surface area contributed by atoms with Crippen LogP contribution in [0.2, 0.25) is 0 Å². The molecular weight excluding hydrogens is 344 g/mol. The van der Waals surface area contributed by atoms with Gasteiger partial charge in [-0.05, 0) is 24.6 Å². The molecule has 0 bridgehead atoms. The predicted molar refractivity (Wildman–Crippen MR) is 94.8 cm³/mol. The Bertz CT molecular complexity index is 1010. The highest BCUT2D eigenvalue weighted by molar-refractivity contribution is 7.17. The van der Waals surface area contributed by atoms with Crippen LogP contribution in [0.3, 0.4) is 0 Å². The zero-order chi connectivity index (χ0) is 18.1. The third-order valence-corrected chi connectivity index (χ3v) is 4.87. The van der Waals surface area contributed by atoms with Gasteiger partial charge in [0.1, 0.15) is 10.9 Å². The number of aliphatic carboxylic acids is 1. The third kappa shape index (κ3) is 2.85. The number of carboxylic acid groups (broad SMARTS) is 1. The van der Waals surface area contributed by atoms with E-state index in [1.54, 1.807) is 19.2 Å². The van der Waals surface area contributed by atoms with E-state index < -0.39 is 12.0 Å². The van der Waals surface area contributed by atoms with Crippen molar-refractivity contribution in [3.8, 4) is 22.6 Å². The van der Waals surface area contributed by atoms with Gasteiger partial charge in [-0.3, -0.25) is 9.36 Å². The number of aromatic nitrogens is 2. The van der Waals surface area contributed by atoms with E-state index in [1.165, 1.54) is 31.7 Å². The number of rotatable bonds is 5. The number of ether oxygens (including phenoxy) is 2. The largest absolute Gasteiger partial charge is 0.493 e. The maximum absolute atomic E-state index is 12.8. The Hall–Kier alpha value is -2.87. The van der Waals surface area contributed by atoms with E-state index in [4.69, 9.17) is 9.47 Å². The molecular formula is C17H16N2O5S. The first-order chi connectivity index (χ1) is 12.0. The van der Waals surface area contributed by atoms with Crippen LogP contribution >= 0.6 is 11.3 Å². The van der Waals surface area contributed by atoms with Gasteiger partial charge in [0.2, 0.25) is 0 Å². The molecule has 1 aromatic carbocycles. The Balaban J connectivity index is 2.23. The molecule has 0 saturated carbocycles. The summed E-state index contributed by atoms with van der Waals surface area (Å²) in [7, 11) is 3.09. The van der Waals surface area contributed by atoms with E-state index in [-0.39, 0.29) is 5.56 Å². The third-order valence-electron chi connectivity index (χ3n) is 3.99. The highest BCUT2D eigenvalue weighted by Gasteiger charge is 2.20. The van der Waals surface area contributed by atoms with Gasteiger partial charge in [-0.15, -0.1) is 11.3 Å². The fraction of sp³-hybridized carbons (Fsp3) is 0.235. The molecule has 3 aromatic rings.